The molecule has 26 heavy (non-hydrogen) atoms. The molecule has 1 aromatic carbocycles. The molecule has 1 atom stereocenters. The highest BCUT2D eigenvalue weighted by Crippen LogP contribution is 2.39. The third-order valence-corrected chi connectivity index (χ3v) is 5.57. The Bertz CT molecular complexity index is 879. The summed E-state index contributed by atoms with van der Waals surface area (Å²) in [7, 11) is 1.83. The van der Waals surface area contributed by atoms with Gasteiger partial charge in [0.15, 0.2) is 5.16 Å². The first kappa shape index (κ1) is 18.5. The SMILES string of the molecule is CCCSc1nc(=O)c2c(n1C)NC(=O)C[C@@H]2c1ccccc1OCC. The first-order chi connectivity index (χ1) is 12.6. The summed E-state index contributed by atoms with van der Waals surface area (Å²) in [5.41, 5.74) is 1.09. The number of fused-ring (bicyclic) bond motifs is 1. The zero-order chi connectivity index (χ0) is 18.7. The van der Waals surface area contributed by atoms with Gasteiger partial charge >= 0.3 is 0 Å². The summed E-state index contributed by atoms with van der Waals surface area (Å²) < 4.78 is 7.53. The molecule has 0 spiro atoms. The van der Waals surface area contributed by atoms with Gasteiger partial charge < -0.3 is 14.6 Å². The van der Waals surface area contributed by atoms with Crippen molar-refractivity contribution in [3.63, 3.8) is 0 Å². The van der Waals surface area contributed by atoms with Gasteiger partial charge in [0.2, 0.25) is 5.91 Å². The first-order valence-electron chi connectivity index (χ1n) is 8.82. The van der Waals surface area contributed by atoms with Crippen LogP contribution in [0.4, 0.5) is 5.82 Å². The molecular weight excluding hydrogens is 350 g/mol. The highest BCUT2D eigenvalue weighted by molar-refractivity contribution is 7.99. The zero-order valence-corrected chi connectivity index (χ0v) is 16.1. The zero-order valence-electron chi connectivity index (χ0n) is 15.2. The molecule has 2 heterocycles. The highest BCUT2D eigenvalue weighted by atomic mass is 32.2. The molecule has 0 fully saturated rings. The topological polar surface area (TPSA) is 73.2 Å². The van der Waals surface area contributed by atoms with E-state index in [9.17, 15) is 9.59 Å². The lowest BCUT2D eigenvalue weighted by atomic mass is 9.86. The molecule has 1 aromatic heterocycles. The van der Waals surface area contributed by atoms with E-state index in [0.29, 0.717) is 28.9 Å². The fourth-order valence-electron chi connectivity index (χ4n) is 3.18. The van der Waals surface area contributed by atoms with E-state index >= 15 is 0 Å². The predicted octanol–water partition coefficient (Wildman–Crippen LogP) is 3.16. The first-order valence-corrected chi connectivity index (χ1v) is 9.80. The van der Waals surface area contributed by atoms with Gasteiger partial charge in [-0.25, -0.2) is 0 Å². The molecule has 0 unspecified atom stereocenters. The number of hydrogen-bond acceptors (Lipinski definition) is 5. The Balaban J connectivity index is 2.15. The summed E-state index contributed by atoms with van der Waals surface area (Å²) in [6, 6.07) is 7.57. The second-order valence-corrected chi connectivity index (χ2v) is 7.21. The number of anilines is 1. The number of benzene rings is 1. The normalized spacial score (nSPS) is 16.1. The van der Waals surface area contributed by atoms with Gasteiger partial charge in [0.25, 0.3) is 5.56 Å². The lowest BCUT2D eigenvalue weighted by Crippen LogP contribution is -2.33. The molecule has 2 aromatic rings. The Hall–Kier alpha value is -2.28. The number of thioether (sulfide) groups is 1. The molecule has 1 aliphatic rings. The summed E-state index contributed by atoms with van der Waals surface area (Å²) in [5, 5.41) is 3.49. The number of aromatic nitrogens is 2. The Morgan fingerprint density at radius 3 is 2.81 bits per heavy atom. The fourth-order valence-corrected chi connectivity index (χ4v) is 4.00. The highest BCUT2D eigenvalue weighted by Gasteiger charge is 2.33. The predicted molar refractivity (Wildman–Crippen MR) is 103 cm³/mol. The molecule has 1 N–H and O–H groups in total. The average molecular weight is 373 g/mol. The average Bonchev–Trinajstić information content (AvgIpc) is 2.63. The Morgan fingerprint density at radius 2 is 2.08 bits per heavy atom. The second-order valence-electron chi connectivity index (χ2n) is 6.15. The van der Waals surface area contributed by atoms with Crippen LogP contribution in [-0.2, 0) is 11.8 Å². The summed E-state index contributed by atoms with van der Waals surface area (Å²) in [4.78, 5) is 29.5. The number of nitrogens with zero attached hydrogens (tertiary/aromatic N) is 2. The molecule has 1 aliphatic heterocycles. The molecule has 0 saturated heterocycles. The Kier molecular flexibility index (Phi) is 5.66. The van der Waals surface area contributed by atoms with E-state index in [1.807, 2.05) is 42.8 Å². The summed E-state index contributed by atoms with van der Waals surface area (Å²) in [6.07, 6.45) is 1.18. The molecule has 138 valence electrons. The minimum absolute atomic E-state index is 0.110. The van der Waals surface area contributed by atoms with Crippen LogP contribution in [0.3, 0.4) is 0 Å². The fraction of sp³-hybridized carbons (Fsp3) is 0.421. The van der Waals surface area contributed by atoms with Crippen LogP contribution in [0.5, 0.6) is 5.75 Å². The van der Waals surface area contributed by atoms with Crippen molar-refractivity contribution < 1.29 is 9.53 Å². The lowest BCUT2D eigenvalue weighted by Gasteiger charge is -2.28. The number of nitrogens with one attached hydrogen (secondary N) is 1. The van der Waals surface area contributed by atoms with Crippen LogP contribution in [-0.4, -0.2) is 27.8 Å². The third kappa shape index (κ3) is 3.49. The third-order valence-electron chi connectivity index (χ3n) is 4.33. The number of hydrogen-bond donors (Lipinski definition) is 1. The van der Waals surface area contributed by atoms with Gasteiger partial charge in [-0.1, -0.05) is 36.9 Å². The quantitative estimate of drug-likeness (QED) is 0.622. The molecule has 6 nitrogen and oxygen atoms in total. The van der Waals surface area contributed by atoms with E-state index in [4.69, 9.17) is 4.74 Å². The maximum absolute atomic E-state index is 12.8. The Labute approximate surface area is 157 Å². The van der Waals surface area contributed by atoms with Crippen molar-refractivity contribution in [1.82, 2.24) is 9.55 Å². The van der Waals surface area contributed by atoms with E-state index in [1.165, 1.54) is 11.8 Å². The molecule has 0 saturated carbocycles. The summed E-state index contributed by atoms with van der Waals surface area (Å²) >= 11 is 1.52. The molecule has 0 bridgehead atoms. The van der Waals surface area contributed by atoms with E-state index in [0.717, 1.165) is 17.7 Å². The van der Waals surface area contributed by atoms with Crippen molar-refractivity contribution >= 4 is 23.5 Å². The number of amides is 1. The van der Waals surface area contributed by atoms with Crippen molar-refractivity contribution in [2.24, 2.45) is 7.05 Å². The molecular formula is C19H23N3O3S. The number of carbonyl (C=O) groups excluding carboxylic acids is 1. The van der Waals surface area contributed by atoms with Gasteiger partial charge in [0, 0.05) is 30.7 Å². The van der Waals surface area contributed by atoms with Gasteiger partial charge in [-0.3, -0.25) is 9.59 Å². The lowest BCUT2D eigenvalue weighted by molar-refractivity contribution is -0.116. The van der Waals surface area contributed by atoms with Crippen LogP contribution >= 0.6 is 11.8 Å². The van der Waals surface area contributed by atoms with Crippen molar-refractivity contribution in [2.45, 2.75) is 37.8 Å². The van der Waals surface area contributed by atoms with Gasteiger partial charge in [-0.2, -0.15) is 4.98 Å². The van der Waals surface area contributed by atoms with Crippen LogP contribution in [0.1, 0.15) is 43.7 Å². The maximum Gasteiger partial charge on any atom is 0.279 e. The minimum atomic E-state index is -0.363. The second kappa shape index (κ2) is 7.95. The molecule has 3 rings (SSSR count). The van der Waals surface area contributed by atoms with Crippen molar-refractivity contribution in [3.8, 4) is 5.75 Å². The van der Waals surface area contributed by atoms with E-state index in [-0.39, 0.29) is 23.8 Å². The van der Waals surface area contributed by atoms with Crippen molar-refractivity contribution in [2.75, 3.05) is 17.7 Å². The van der Waals surface area contributed by atoms with Crippen LogP contribution in [0, 0.1) is 0 Å². The largest absolute Gasteiger partial charge is 0.494 e. The molecule has 0 aliphatic carbocycles. The molecule has 0 radical (unpaired) electrons. The number of para-hydroxylation sites is 1. The van der Waals surface area contributed by atoms with Gasteiger partial charge in [-0.05, 0) is 19.4 Å². The van der Waals surface area contributed by atoms with Crippen molar-refractivity contribution in [1.29, 1.82) is 0 Å². The smallest absolute Gasteiger partial charge is 0.279 e. The van der Waals surface area contributed by atoms with E-state index in [1.54, 1.807) is 0 Å². The van der Waals surface area contributed by atoms with E-state index in [2.05, 4.69) is 17.2 Å². The number of ether oxygens (including phenoxy) is 1. The van der Waals surface area contributed by atoms with Gasteiger partial charge in [-0.15, -0.1) is 0 Å². The van der Waals surface area contributed by atoms with Crippen LogP contribution in [0.15, 0.2) is 34.2 Å². The minimum Gasteiger partial charge on any atom is -0.494 e. The molecule has 1 amide bonds. The Morgan fingerprint density at radius 1 is 1.31 bits per heavy atom. The molecule has 7 heteroatoms. The maximum atomic E-state index is 12.8. The van der Waals surface area contributed by atoms with Crippen LogP contribution in [0.2, 0.25) is 0 Å². The monoisotopic (exact) mass is 373 g/mol. The van der Waals surface area contributed by atoms with Gasteiger partial charge in [0.05, 0.1) is 12.2 Å². The van der Waals surface area contributed by atoms with Crippen LogP contribution < -0.4 is 15.6 Å². The van der Waals surface area contributed by atoms with Gasteiger partial charge in [0.1, 0.15) is 11.6 Å². The summed E-state index contributed by atoms with van der Waals surface area (Å²) in [6.45, 7) is 4.51. The number of rotatable bonds is 6. The number of carbonyl (C=O) groups is 1. The van der Waals surface area contributed by atoms with E-state index < -0.39 is 0 Å². The summed E-state index contributed by atoms with van der Waals surface area (Å²) in [5.74, 6) is 1.63. The standard InChI is InChI=1S/C19H23N3O3S/c1-4-10-26-19-21-18(24)16-13(11-15(23)20-17(16)22(19)3)12-8-6-7-9-14(12)25-5-2/h6-9,13H,4-5,10-11H2,1-3H3,(H,20,23)/t13-/m1/s1. The van der Waals surface area contributed by atoms with Crippen LogP contribution in [0.25, 0.3) is 0 Å². The van der Waals surface area contributed by atoms with Crippen molar-refractivity contribution in [3.05, 3.63) is 45.7 Å².